The Kier molecular flexibility index (Phi) is 5.27. The molecular formula is C23H19N5O4S. The number of carbonyl (C=O) groups excluding carboxylic acids is 1. The number of benzene rings is 2. The SMILES string of the molecule is O=C1CCc2cc(S(=O)(=O)Nc3ccc(Oc4cc(-n5cccc5)ncn4)cc3)ccc2N1. The quantitative estimate of drug-likeness (QED) is 0.452. The summed E-state index contributed by atoms with van der Waals surface area (Å²) >= 11 is 0. The van der Waals surface area contributed by atoms with Crippen molar-refractivity contribution in [2.24, 2.45) is 0 Å². The van der Waals surface area contributed by atoms with Gasteiger partial charge in [0.1, 0.15) is 17.9 Å². The highest BCUT2D eigenvalue weighted by Gasteiger charge is 2.20. The molecule has 2 aromatic carbocycles. The van der Waals surface area contributed by atoms with Gasteiger partial charge in [0.25, 0.3) is 10.0 Å². The number of fused-ring (bicyclic) bond motifs is 1. The minimum absolute atomic E-state index is 0.0681. The second kappa shape index (κ2) is 8.40. The van der Waals surface area contributed by atoms with Crippen molar-refractivity contribution in [3.05, 3.63) is 84.9 Å². The molecule has 4 aromatic rings. The summed E-state index contributed by atoms with van der Waals surface area (Å²) in [5.41, 5.74) is 1.84. The van der Waals surface area contributed by atoms with Crippen molar-refractivity contribution in [1.29, 1.82) is 0 Å². The van der Waals surface area contributed by atoms with Gasteiger partial charge in [0, 0.05) is 36.3 Å². The molecule has 10 heteroatoms. The molecule has 0 fully saturated rings. The van der Waals surface area contributed by atoms with Crippen LogP contribution in [0.4, 0.5) is 11.4 Å². The lowest BCUT2D eigenvalue weighted by atomic mass is 10.0. The third kappa shape index (κ3) is 4.55. The zero-order valence-corrected chi connectivity index (χ0v) is 18.1. The van der Waals surface area contributed by atoms with Gasteiger partial charge >= 0.3 is 0 Å². The van der Waals surface area contributed by atoms with Crippen LogP contribution in [0.5, 0.6) is 11.6 Å². The van der Waals surface area contributed by atoms with Crippen LogP contribution in [0.25, 0.3) is 5.82 Å². The number of nitrogens with one attached hydrogen (secondary N) is 2. The molecule has 0 radical (unpaired) electrons. The predicted molar refractivity (Wildman–Crippen MR) is 122 cm³/mol. The normalized spacial score (nSPS) is 13.2. The molecule has 0 unspecified atom stereocenters. The maximum Gasteiger partial charge on any atom is 0.261 e. The third-order valence-electron chi connectivity index (χ3n) is 5.11. The number of aromatic nitrogens is 3. The molecule has 166 valence electrons. The van der Waals surface area contributed by atoms with Crippen LogP contribution >= 0.6 is 0 Å². The molecule has 0 spiro atoms. The summed E-state index contributed by atoms with van der Waals surface area (Å²) in [6.07, 6.45) is 5.99. The van der Waals surface area contributed by atoms with E-state index in [1.54, 1.807) is 42.5 Å². The molecule has 3 heterocycles. The van der Waals surface area contributed by atoms with Crippen LogP contribution in [0.1, 0.15) is 12.0 Å². The molecule has 1 aliphatic rings. The van der Waals surface area contributed by atoms with Gasteiger partial charge in [-0.25, -0.2) is 18.4 Å². The number of anilines is 2. The number of hydrogen-bond donors (Lipinski definition) is 2. The average Bonchev–Trinajstić information content (AvgIpc) is 3.35. The molecule has 33 heavy (non-hydrogen) atoms. The Balaban J connectivity index is 1.29. The first-order valence-corrected chi connectivity index (χ1v) is 11.6. The highest BCUT2D eigenvalue weighted by Crippen LogP contribution is 2.27. The summed E-state index contributed by atoms with van der Waals surface area (Å²) < 4.78 is 35.8. The molecule has 0 atom stereocenters. The molecule has 9 nitrogen and oxygen atoms in total. The van der Waals surface area contributed by atoms with Crippen LogP contribution in [0, 0.1) is 0 Å². The van der Waals surface area contributed by atoms with E-state index >= 15 is 0 Å². The van der Waals surface area contributed by atoms with Crippen molar-refractivity contribution in [1.82, 2.24) is 14.5 Å². The van der Waals surface area contributed by atoms with Crippen LogP contribution in [0.3, 0.4) is 0 Å². The first kappa shape index (κ1) is 20.7. The Morgan fingerprint density at radius 1 is 0.970 bits per heavy atom. The Hall–Kier alpha value is -4.18. The summed E-state index contributed by atoms with van der Waals surface area (Å²) in [4.78, 5) is 20.0. The van der Waals surface area contributed by atoms with Crippen molar-refractivity contribution >= 4 is 27.3 Å². The summed E-state index contributed by atoms with van der Waals surface area (Å²) in [6.45, 7) is 0. The maximum absolute atomic E-state index is 12.8. The topological polar surface area (TPSA) is 115 Å². The van der Waals surface area contributed by atoms with E-state index in [1.807, 2.05) is 29.1 Å². The van der Waals surface area contributed by atoms with Gasteiger partial charge in [0.05, 0.1) is 4.90 Å². The highest BCUT2D eigenvalue weighted by atomic mass is 32.2. The third-order valence-corrected chi connectivity index (χ3v) is 6.49. The van der Waals surface area contributed by atoms with E-state index in [0.717, 1.165) is 5.56 Å². The lowest BCUT2D eigenvalue weighted by Crippen LogP contribution is -2.20. The molecule has 0 saturated carbocycles. The fourth-order valence-electron chi connectivity index (χ4n) is 3.47. The summed E-state index contributed by atoms with van der Waals surface area (Å²) in [5, 5.41) is 2.75. The number of aryl methyl sites for hydroxylation is 1. The van der Waals surface area contributed by atoms with Crippen molar-refractivity contribution in [2.75, 3.05) is 10.0 Å². The largest absolute Gasteiger partial charge is 0.439 e. The smallest absolute Gasteiger partial charge is 0.261 e. The predicted octanol–water partition coefficient (Wildman–Crippen LogP) is 3.75. The van der Waals surface area contributed by atoms with E-state index < -0.39 is 10.0 Å². The summed E-state index contributed by atoms with van der Waals surface area (Å²) in [5.74, 6) is 1.46. The number of sulfonamides is 1. The van der Waals surface area contributed by atoms with Crippen LogP contribution in [-0.2, 0) is 21.2 Å². The van der Waals surface area contributed by atoms with Gasteiger partial charge in [-0.2, -0.15) is 0 Å². The minimum Gasteiger partial charge on any atom is -0.439 e. The Bertz CT molecular complexity index is 1420. The molecule has 0 bridgehead atoms. The van der Waals surface area contributed by atoms with Crippen molar-refractivity contribution < 1.29 is 17.9 Å². The van der Waals surface area contributed by atoms with Gasteiger partial charge < -0.3 is 14.6 Å². The van der Waals surface area contributed by atoms with E-state index in [1.165, 1.54) is 12.4 Å². The molecule has 2 aromatic heterocycles. The first-order valence-electron chi connectivity index (χ1n) is 10.2. The van der Waals surface area contributed by atoms with Gasteiger partial charge in [0.15, 0.2) is 0 Å². The van der Waals surface area contributed by atoms with Gasteiger partial charge in [-0.15, -0.1) is 0 Å². The zero-order chi connectivity index (χ0) is 22.8. The molecule has 1 amide bonds. The van der Waals surface area contributed by atoms with Gasteiger partial charge in [-0.05, 0) is 66.6 Å². The summed E-state index contributed by atoms with van der Waals surface area (Å²) in [7, 11) is -3.79. The fourth-order valence-corrected chi connectivity index (χ4v) is 4.58. The second-order valence-electron chi connectivity index (χ2n) is 7.40. The van der Waals surface area contributed by atoms with Crippen molar-refractivity contribution in [3.8, 4) is 17.4 Å². The second-order valence-corrected chi connectivity index (χ2v) is 9.09. The number of rotatable bonds is 6. The number of amides is 1. The van der Waals surface area contributed by atoms with E-state index in [9.17, 15) is 13.2 Å². The summed E-state index contributed by atoms with van der Waals surface area (Å²) in [6, 6.07) is 16.7. The number of ether oxygens (including phenoxy) is 1. The molecular weight excluding hydrogens is 442 g/mol. The lowest BCUT2D eigenvalue weighted by molar-refractivity contribution is -0.116. The first-order chi connectivity index (χ1) is 16.0. The number of nitrogens with zero attached hydrogens (tertiary/aromatic N) is 3. The van der Waals surface area contributed by atoms with Crippen molar-refractivity contribution in [3.63, 3.8) is 0 Å². The fraction of sp³-hybridized carbons (Fsp3) is 0.0870. The monoisotopic (exact) mass is 461 g/mol. The van der Waals surface area contributed by atoms with Crippen LogP contribution in [-0.4, -0.2) is 28.9 Å². The van der Waals surface area contributed by atoms with Crippen LogP contribution in [0.2, 0.25) is 0 Å². The number of carbonyl (C=O) groups is 1. The maximum atomic E-state index is 12.8. The molecule has 0 saturated heterocycles. The highest BCUT2D eigenvalue weighted by molar-refractivity contribution is 7.92. The standard InChI is InChI=1S/C23H19N5O4S/c29-22-10-3-16-13-19(8-9-20(16)26-22)33(30,31)27-17-4-6-18(7-5-17)32-23-14-21(24-15-25-23)28-11-1-2-12-28/h1-2,4-9,11-15,27H,3,10H2,(H,26,29). The van der Waals surface area contributed by atoms with E-state index in [0.29, 0.717) is 41.7 Å². The minimum atomic E-state index is -3.79. The van der Waals surface area contributed by atoms with Gasteiger partial charge in [-0.3, -0.25) is 9.52 Å². The molecule has 5 rings (SSSR count). The van der Waals surface area contributed by atoms with Crippen LogP contribution < -0.4 is 14.8 Å². The lowest BCUT2D eigenvalue weighted by Gasteiger charge is -2.18. The molecule has 2 N–H and O–H groups in total. The van der Waals surface area contributed by atoms with E-state index in [-0.39, 0.29) is 10.8 Å². The Labute approximate surface area is 190 Å². The molecule has 1 aliphatic heterocycles. The zero-order valence-electron chi connectivity index (χ0n) is 17.3. The molecule has 0 aliphatic carbocycles. The van der Waals surface area contributed by atoms with Gasteiger partial charge in [-0.1, -0.05) is 0 Å². The van der Waals surface area contributed by atoms with Crippen LogP contribution in [0.15, 0.2) is 84.3 Å². The van der Waals surface area contributed by atoms with Gasteiger partial charge in [0.2, 0.25) is 11.8 Å². The van der Waals surface area contributed by atoms with Crippen molar-refractivity contribution in [2.45, 2.75) is 17.7 Å². The van der Waals surface area contributed by atoms with E-state index in [2.05, 4.69) is 20.0 Å². The number of hydrogen-bond acceptors (Lipinski definition) is 6. The average molecular weight is 462 g/mol. The Morgan fingerprint density at radius 2 is 1.76 bits per heavy atom. The van der Waals surface area contributed by atoms with E-state index in [4.69, 9.17) is 4.74 Å². The Morgan fingerprint density at radius 3 is 2.55 bits per heavy atom.